The number of nitrogens with one attached hydrogen (secondary N) is 1. The Morgan fingerprint density at radius 1 is 1.47 bits per heavy atom. The number of aromatic nitrogens is 1. The summed E-state index contributed by atoms with van der Waals surface area (Å²) in [5, 5.41) is 12.1. The van der Waals surface area contributed by atoms with Crippen molar-refractivity contribution in [3.05, 3.63) is 23.4 Å². The van der Waals surface area contributed by atoms with Crippen LogP contribution in [-0.4, -0.2) is 31.2 Å². The van der Waals surface area contributed by atoms with E-state index in [4.69, 9.17) is 5.26 Å². The fraction of sp³-hybridized carbons (Fsp3) is 0.455. The second kappa shape index (κ2) is 4.28. The van der Waals surface area contributed by atoms with Gasteiger partial charge in [-0.05, 0) is 18.6 Å². The Kier molecular flexibility index (Phi) is 2.84. The lowest BCUT2D eigenvalue weighted by Gasteiger charge is -2.28. The second-order valence-electron chi connectivity index (χ2n) is 3.71. The van der Waals surface area contributed by atoms with Crippen LogP contribution in [-0.2, 0) is 0 Å². The molecule has 78 valence electrons. The molecule has 4 heteroatoms. The highest BCUT2D eigenvalue weighted by Crippen LogP contribution is 2.15. The molecule has 0 aromatic carbocycles. The van der Waals surface area contributed by atoms with Crippen LogP contribution in [0.5, 0.6) is 0 Å². The molecule has 0 unspecified atom stereocenters. The van der Waals surface area contributed by atoms with Crippen molar-refractivity contribution in [2.75, 3.05) is 31.1 Å². The maximum absolute atomic E-state index is 8.81. The summed E-state index contributed by atoms with van der Waals surface area (Å²) in [6.07, 6.45) is 1.66. The van der Waals surface area contributed by atoms with Gasteiger partial charge in [-0.1, -0.05) is 0 Å². The molecule has 1 fully saturated rings. The molecule has 1 N–H and O–H groups in total. The molecule has 0 aliphatic carbocycles. The zero-order chi connectivity index (χ0) is 10.7. The molecule has 15 heavy (non-hydrogen) atoms. The molecular weight excluding hydrogens is 188 g/mol. The summed E-state index contributed by atoms with van der Waals surface area (Å²) in [6.45, 7) is 5.92. The first kappa shape index (κ1) is 9.94. The van der Waals surface area contributed by atoms with Gasteiger partial charge in [0.1, 0.15) is 11.9 Å². The second-order valence-corrected chi connectivity index (χ2v) is 3.71. The third-order valence-corrected chi connectivity index (χ3v) is 2.66. The zero-order valence-electron chi connectivity index (χ0n) is 8.82. The van der Waals surface area contributed by atoms with Gasteiger partial charge < -0.3 is 10.2 Å². The quantitative estimate of drug-likeness (QED) is 0.727. The van der Waals surface area contributed by atoms with E-state index >= 15 is 0 Å². The predicted octanol–water partition coefficient (Wildman–Crippen LogP) is 0.671. The first-order valence-corrected chi connectivity index (χ1v) is 5.13. The van der Waals surface area contributed by atoms with Crippen molar-refractivity contribution in [3.8, 4) is 6.07 Å². The van der Waals surface area contributed by atoms with E-state index in [-0.39, 0.29) is 0 Å². The summed E-state index contributed by atoms with van der Waals surface area (Å²) in [5.41, 5.74) is 1.66. The Bertz CT molecular complexity index is 388. The van der Waals surface area contributed by atoms with Gasteiger partial charge in [-0.25, -0.2) is 4.98 Å². The number of aryl methyl sites for hydroxylation is 1. The van der Waals surface area contributed by atoms with Gasteiger partial charge in [-0.3, -0.25) is 0 Å². The van der Waals surface area contributed by atoms with Crippen molar-refractivity contribution in [3.63, 3.8) is 0 Å². The van der Waals surface area contributed by atoms with Crippen LogP contribution in [0.4, 0.5) is 5.82 Å². The molecule has 1 aromatic heterocycles. The Balaban J connectivity index is 2.22. The van der Waals surface area contributed by atoms with E-state index in [1.54, 1.807) is 6.20 Å². The highest BCUT2D eigenvalue weighted by molar-refractivity contribution is 5.47. The Morgan fingerprint density at radius 3 is 2.80 bits per heavy atom. The third-order valence-electron chi connectivity index (χ3n) is 2.66. The number of nitriles is 1. The standard InChI is InChI=1S/C11H14N4/c1-9-6-11(14-8-10(9)7-12)15-4-2-13-3-5-15/h6,8,13H,2-5H2,1H3. The molecule has 0 saturated carbocycles. The maximum Gasteiger partial charge on any atom is 0.128 e. The molecule has 0 amide bonds. The summed E-state index contributed by atoms with van der Waals surface area (Å²) >= 11 is 0. The van der Waals surface area contributed by atoms with Crippen molar-refractivity contribution in [2.24, 2.45) is 0 Å². The minimum Gasteiger partial charge on any atom is -0.354 e. The van der Waals surface area contributed by atoms with Crippen molar-refractivity contribution in [1.82, 2.24) is 10.3 Å². The summed E-state index contributed by atoms with van der Waals surface area (Å²) < 4.78 is 0. The predicted molar refractivity (Wildman–Crippen MR) is 58.8 cm³/mol. The lowest BCUT2D eigenvalue weighted by atomic mass is 10.2. The van der Waals surface area contributed by atoms with Gasteiger partial charge in [0, 0.05) is 32.4 Å². The highest BCUT2D eigenvalue weighted by atomic mass is 15.2. The van der Waals surface area contributed by atoms with Gasteiger partial charge in [-0.15, -0.1) is 0 Å². The minimum absolute atomic E-state index is 0.661. The highest BCUT2D eigenvalue weighted by Gasteiger charge is 2.12. The Hall–Kier alpha value is -1.60. The van der Waals surface area contributed by atoms with Crippen molar-refractivity contribution in [1.29, 1.82) is 5.26 Å². The van der Waals surface area contributed by atoms with Crippen molar-refractivity contribution < 1.29 is 0 Å². The molecule has 1 aliphatic rings. The largest absolute Gasteiger partial charge is 0.354 e. The van der Waals surface area contributed by atoms with Crippen LogP contribution < -0.4 is 10.2 Å². The molecule has 2 heterocycles. The minimum atomic E-state index is 0.661. The van der Waals surface area contributed by atoms with Crippen LogP contribution in [0.15, 0.2) is 12.3 Å². The number of hydrogen-bond donors (Lipinski definition) is 1. The lowest BCUT2D eigenvalue weighted by molar-refractivity contribution is 0.585. The number of nitrogens with zero attached hydrogens (tertiary/aromatic N) is 3. The molecule has 1 aliphatic heterocycles. The molecule has 4 nitrogen and oxygen atoms in total. The van der Waals surface area contributed by atoms with E-state index in [1.165, 1.54) is 0 Å². The van der Waals surface area contributed by atoms with Crippen LogP contribution in [0.3, 0.4) is 0 Å². The molecule has 2 rings (SSSR count). The average Bonchev–Trinajstić information content (AvgIpc) is 2.30. The maximum atomic E-state index is 8.81. The number of piperazine rings is 1. The van der Waals surface area contributed by atoms with Gasteiger partial charge in [-0.2, -0.15) is 5.26 Å². The Morgan fingerprint density at radius 2 is 2.20 bits per heavy atom. The summed E-state index contributed by atoms with van der Waals surface area (Å²) in [4.78, 5) is 6.55. The smallest absolute Gasteiger partial charge is 0.128 e. The van der Waals surface area contributed by atoms with E-state index in [1.807, 2.05) is 13.0 Å². The SMILES string of the molecule is Cc1cc(N2CCNCC2)ncc1C#N. The molecule has 0 spiro atoms. The molecule has 1 aromatic rings. The van der Waals surface area contributed by atoms with Crippen molar-refractivity contribution >= 4 is 5.82 Å². The monoisotopic (exact) mass is 202 g/mol. The number of anilines is 1. The average molecular weight is 202 g/mol. The Labute approximate surface area is 89.5 Å². The normalized spacial score (nSPS) is 16.1. The molecule has 0 radical (unpaired) electrons. The van der Waals surface area contributed by atoms with Gasteiger partial charge in [0.25, 0.3) is 0 Å². The fourth-order valence-electron chi connectivity index (χ4n) is 1.73. The molecule has 0 bridgehead atoms. The third kappa shape index (κ3) is 2.08. The van der Waals surface area contributed by atoms with Crippen LogP contribution in [0.2, 0.25) is 0 Å². The molecule has 1 saturated heterocycles. The van der Waals surface area contributed by atoms with Gasteiger partial charge in [0.05, 0.1) is 5.56 Å². The first-order chi connectivity index (χ1) is 7.31. The van der Waals surface area contributed by atoms with Crippen molar-refractivity contribution in [2.45, 2.75) is 6.92 Å². The summed E-state index contributed by atoms with van der Waals surface area (Å²) in [7, 11) is 0. The van der Waals surface area contributed by atoms with E-state index in [0.717, 1.165) is 37.6 Å². The van der Waals surface area contributed by atoms with Crippen LogP contribution in [0.1, 0.15) is 11.1 Å². The topological polar surface area (TPSA) is 52.0 Å². The number of pyridine rings is 1. The summed E-state index contributed by atoms with van der Waals surface area (Å²) in [5.74, 6) is 0.980. The fourth-order valence-corrected chi connectivity index (χ4v) is 1.73. The number of hydrogen-bond acceptors (Lipinski definition) is 4. The van der Waals surface area contributed by atoms with E-state index in [0.29, 0.717) is 5.56 Å². The first-order valence-electron chi connectivity index (χ1n) is 5.13. The van der Waals surface area contributed by atoms with Gasteiger partial charge in [0.2, 0.25) is 0 Å². The molecule has 0 atom stereocenters. The molecular formula is C11H14N4. The van der Waals surface area contributed by atoms with E-state index < -0.39 is 0 Å². The van der Waals surface area contributed by atoms with E-state index in [2.05, 4.69) is 21.3 Å². The van der Waals surface area contributed by atoms with Crippen LogP contribution >= 0.6 is 0 Å². The number of rotatable bonds is 1. The van der Waals surface area contributed by atoms with Crippen LogP contribution in [0.25, 0.3) is 0 Å². The van der Waals surface area contributed by atoms with E-state index in [9.17, 15) is 0 Å². The van der Waals surface area contributed by atoms with Gasteiger partial charge in [0.15, 0.2) is 0 Å². The summed E-state index contributed by atoms with van der Waals surface area (Å²) in [6, 6.07) is 4.12. The zero-order valence-corrected chi connectivity index (χ0v) is 8.82. The van der Waals surface area contributed by atoms with Gasteiger partial charge >= 0.3 is 0 Å². The van der Waals surface area contributed by atoms with Crippen LogP contribution in [0, 0.1) is 18.3 Å². The lowest BCUT2D eigenvalue weighted by Crippen LogP contribution is -2.43.